The summed E-state index contributed by atoms with van der Waals surface area (Å²) in [5, 5.41) is 3.03. The molecule has 1 N–H and O–H groups in total. The molecule has 0 fully saturated rings. The molecule has 0 aliphatic rings. The molecule has 428 valence electrons. The number of amides is 1. The molecule has 0 aromatic heterocycles. The van der Waals surface area contributed by atoms with Crippen LogP contribution in [-0.4, -0.2) is 69.4 Å². The van der Waals surface area contributed by atoms with Gasteiger partial charge in [0, 0.05) is 12.8 Å². The zero-order valence-electron chi connectivity index (χ0n) is 48.8. The number of unbranched alkanes of at least 4 members (excludes halogenated alkanes) is 35. The van der Waals surface area contributed by atoms with E-state index in [2.05, 4.69) is 62.5 Å². The third kappa shape index (κ3) is 54.6. The van der Waals surface area contributed by atoms with Gasteiger partial charge in [-0.15, -0.1) is 0 Å². The molecule has 73 heavy (non-hydrogen) atoms. The van der Waals surface area contributed by atoms with Crippen LogP contribution in [0.2, 0.25) is 0 Å². The Morgan fingerprint density at radius 2 is 0.836 bits per heavy atom. The van der Waals surface area contributed by atoms with Crippen molar-refractivity contribution in [2.75, 3.05) is 40.9 Å². The molecule has 0 aliphatic heterocycles. The second-order valence-corrected chi connectivity index (χ2v) is 23.6. The standard InChI is InChI=1S/C63H119N2O7P/c1-7-10-13-16-19-22-25-27-29-30-31-32-33-34-36-37-40-43-46-49-52-55-62(66)64-60(59-71-73(68,69)70-58-57-65(4,5)6)61(54-51-48-45-42-39-24-21-18-15-12-9-3)72-63(67)56-53-50-47-44-41-38-35-28-26-23-20-17-14-11-8-2/h20,23,26-29,51,54,60-61H,7-19,21-22,24-25,30-50,52-53,55-59H2,1-6H3,(H-,64,66,68,69)/b23-20+,28-26+,29-27+,54-51-. The third-order valence-electron chi connectivity index (χ3n) is 13.8. The second kappa shape index (κ2) is 53.4. The average molecular weight is 1050 g/mol. The van der Waals surface area contributed by atoms with Gasteiger partial charge in [0.25, 0.3) is 7.82 Å². The molecule has 0 rings (SSSR count). The summed E-state index contributed by atoms with van der Waals surface area (Å²) in [6.07, 6.45) is 65.0. The molecule has 0 heterocycles. The maximum Gasteiger partial charge on any atom is 0.306 e. The fourth-order valence-electron chi connectivity index (χ4n) is 8.92. The van der Waals surface area contributed by atoms with Crippen LogP contribution in [0.25, 0.3) is 0 Å². The van der Waals surface area contributed by atoms with Crippen LogP contribution in [0.3, 0.4) is 0 Å². The summed E-state index contributed by atoms with van der Waals surface area (Å²) in [6, 6.07) is -0.892. The van der Waals surface area contributed by atoms with E-state index in [1.54, 1.807) is 0 Å². The first-order valence-electron chi connectivity index (χ1n) is 31.0. The first kappa shape index (κ1) is 71.0. The maximum absolute atomic E-state index is 13.5. The van der Waals surface area contributed by atoms with Crippen molar-refractivity contribution in [1.29, 1.82) is 0 Å². The number of esters is 1. The van der Waals surface area contributed by atoms with Crippen molar-refractivity contribution in [1.82, 2.24) is 5.32 Å². The van der Waals surface area contributed by atoms with Crippen molar-refractivity contribution in [2.24, 2.45) is 0 Å². The molecule has 3 atom stereocenters. The van der Waals surface area contributed by atoms with Gasteiger partial charge in [0.1, 0.15) is 19.3 Å². The Kier molecular flexibility index (Phi) is 51.9. The Bertz CT molecular complexity index is 1390. The number of ether oxygens (including phenoxy) is 1. The summed E-state index contributed by atoms with van der Waals surface area (Å²) >= 11 is 0. The van der Waals surface area contributed by atoms with Crippen LogP contribution in [0.1, 0.15) is 290 Å². The number of phosphoric acid groups is 1. The van der Waals surface area contributed by atoms with E-state index < -0.39 is 26.6 Å². The predicted octanol–water partition coefficient (Wildman–Crippen LogP) is 18.3. The number of likely N-dealkylation sites (N-methyl/N-ethyl adjacent to an activating group) is 1. The second-order valence-electron chi connectivity index (χ2n) is 22.2. The van der Waals surface area contributed by atoms with Gasteiger partial charge in [-0.05, 0) is 83.1 Å². The van der Waals surface area contributed by atoms with Crippen molar-refractivity contribution in [3.05, 3.63) is 48.6 Å². The number of carbonyl (C=O) groups is 2. The Balaban J connectivity index is 5.19. The van der Waals surface area contributed by atoms with E-state index in [-0.39, 0.29) is 24.9 Å². The average Bonchev–Trinajstić information content (AvgIpc) is 3.35. The topological polar surface area (TPSA) is 114 Å². The zero-order valence-corrected chi connectivity index (χ0v) is 49.7. The van der Waals surface area contributed by atoms with E-state index in [0.717, 1.165) is 77.0 Å². The van der Waals surface area contributed by atoms with Crippen LogP contribution in [0.5, 0.6) is 0 Å². The largest absolute Gasteiger partial charge is 0.756 e. The Morgan fingerprint density at radius 1 is 0.479 bits per heavy atom. The van der Waals surface area contributed by atoms with Gasteiger partial charge in [0.05, 0.1) is 33.8 Å². The SMILES string of the molecule is CCCCC/C=C/C=C/CCCCCCCCC(=O)OC(/C=C\CCCCCCCCCCC)C(COP(=O)([O-])OCC[N+](C)(C)C)NC(=O)CCCCCCCCCCCCC/C=C/CCCCCCCC. The number of phosphoric ester groups is 1. The molecule has 0 aliphatic carbocycles. The quantitative estimate of drug-likeness (QED) is 0.0161. The Hall–Kier alpha value is -2.03. The minimum atomic E-state index is -4.70. The van der Waals surface area contributed by atoms with Crippen molar-refractivity contribution in [3.63, 3.8) is 0 Å². The summed E-state index contributed by atoms with van der Waals surface area (Å²) in [4.78, 5) is 39.9. The molecule has 0 bridgehead atoms. The number of nitrogens with zero attached hydrogens (tertiary/aromatic N) is 1. The highest BCUT2D eigenvalue weighted by Gasteiger charge is 2.27. The summed E-state index contributed by atoms with van der Waals surface area (Å²) in [7, 11) is 1.18. The van der Waals surface area contributed by atoms with Crippen molar-refractivity contribution in [2.45, 2.75) is 303 Å². The van der Waals surface area contributed by atoms with Crippen LogP contribution in [0, 0.1) is 0 Å². The van der Waals surface area contributed by atoms with Crippen LogP contribution in [-0.2, 0) is 27.9 Å². The molecule has 0 spiro atoms. The highest BCUT2D eigenvalue weighted by atomic mass is 31.2. The summed E-state index contributed by atoms with van der Waals surface area (Å²) in [5.41, 5.74) is 0. The van der Waals surface area contributed by atoms with Gasteiger partial charge < -0.3 is 28.5 Å². The van der Waals surface area contributed by atoms with E-state index in [9.17, 15) is 19.0 Å². The lowest BCUT2D eigenvalue weighted by Crippen LogP contribution is -2.47. The van der Waals surface area contributed by atoms with Gasteiger partial charge in [0.2, 0.25) is 5.91 Å². The molecule has 3 unspecified atom stereocenters. The fraction of sp³-hybridized carbons (Fsp3) is 0.841. The number of nitrogens with one attached hydrogen (secondary N) is 1. The van der Waals surface area contributed by atoms with Crippen LogP contribution in [0.4, 0.5) is 0 Å². The summed E-state index contributed by atoms with van der Waals surface area (Å²) in [6.45, 7) is 6.81. The van der Waals surface area contributed by atoms with Crippen LogP contribution < -0.4 is 10.2 Å². The lowest BCUT2D eigenvalue weighted by atomic mass is 10.0. The van der Waals surface area contributed by atoms with Gasteiger partial charge in [-0.2, -0.15) is 0 Å². The number of allylic oxidation sites excluding steroid dienone is 7. The molecular formula is C63H119N2O7P. The minimum absolute atomic E-state index is 0.0241. The van der Waals surface area contributed by atoms with E-state index in [4.69, 9.17) is 13.8 Å². The van der Waals surface area contributed by atoms with Crippen molar-refractivity contribution >= 4 is 19.7 Å². The molecule has 0 aromatic carbocycles. The summed E-state index contributed by atoms with van der Waals surface area (Å²) in [5.74, 6) is -0.549. The molecule has 0 saturated heterocycles. The van der Waals surface area contributed by atoms with Gasteiger partial charge in [-0.3, -0.25) is 14.2 Å². The third-order valence-corrected chi connectivity index (χ3v) is 14.7. The van der Waals surface area contributed by atoms with Gasteiger partial charge in [-0.25, -0.2) is 0 Å². The molecule has 0 saturated carbocycles. The fourth-order valence-corrected chi connectivity index (χ4v) is 9.64. The van der Waals surface area contributed by atoms with Gasteiger partial charge in [0.15, 0.2) is 0 Å². The van der Waals surface area contributed by atoms with Crippen molar-refractivity contribution < 1.29 is 37.3 Å². The lowest BCUT2D eigenvalue weighted by molar-refractivity contribution is -0.870. The van der Waals surface area contributed by atoms with E-state index >= 15 is 0 Å². The molecule has 10 heteroatoms. The first-order chi connectivity index (χ1) is 35.4. The zero-order chi connectivity index (χ0) is 53.6. The molecular weight excluding hydrogens is 928 g/mol. The van der Waals surface area contributed by atoms with Crippen molar-refractivity contribution in [3.8, 4) is 0 Å². The Morgan fingerprint density at radius 3 is 1.27 bits per heavy atom. The number of rotatable bonds is 56. The molecule has 0 radical (unpaired) electrons. The van der Waals surface area contributed by atoms with E-state index in [1.165, 1.54) is 180 Å². The lowest BCUT2D eigenvalue weighted by Gasteiger charge is -2.30. The number of hydrogen-bond acceptors (Lipinski definition) is 7. The minimum Gasteiger partial charge on any atom is -0.756 e. The molecule has 9 nitrogen and oxygen atoms in total. The predicted molar refractivity (Wildman–Crippen MR) is 312 cm³/mol. The Labute approximate surface area is 452 Å². The van der Waals surface area contributed by atoms with Gasteiger partial charge in [-0.1, -0.05) is 243 Å². The van der Waals surface area contributed by atoms with E-state index in [1.807, 2.05) is 33.3 Å². The number of quaternary nitrogens is 1. The number of carbonyl (C=O) groups excluding carboxylic acids is 2. The monoisotopic (exact) mass is 1050 g/mol. The highest BCUT2D eigenvalue weighted by molar-refractivity contribution is 7.45. The van der Waals surface area contributed by atoms with Gasteiger partial charge >= 0.3 is 5.97 Å². The molecule has 0 aromatic rings. The molecule has 1 amide bonds. The van der Waals surface area contributed by atoms with E-state index in [0.29, 0.717) is 17.4 Å². The maximum atomic E-state index is 13.5. The van der Waals surface area contributed by atoms with Crippen LogP contribution >= 0.6 is 7.82 Å². The normalized spacial score (nSPS) is 14.0. The number of hydrogen-bond donors (Lipinski definition) is 1. The first-order valence-corrected chi connectivity index (χ1v) is 32.4. The van der Waals surface area contributed by atoms with Crippen LogP contribution in [0.15, 0.2) is 48.6 Å². The highest BCUT2D eigenvalue weighted by Crippen LogP contribution is 2.38. The summed E-state index contributed by atoms with van der Waals surface area (Å²) < 4.78 is 30.3. The smallest absolute Gasteiger partial charge is 0.306 e.